The third-order valence-corrected chi connectivity index (χ3v) is 3.20. The topological polar surface area (TPSA) is 48.1 Å². The van der Waals surface area contributed by atoms with Gasteiger partial charge < -0.3 is 10.5 Å². The number of rotatable bonds is 6. The molecule has 0 amide bonds. The van der Waals surface area contributed by atoms with Crippen molar-refractivity contribution in [2.45, 2.75) is 25.3 Å². The molecule has 0 saturated carbocycles. The van der Waals surface area contributed by atoms with Crippen LogP contribution in [-0.2, 0) is 12.8 Å². The fourth-order valence-electron chi connectivity index (χ4n) is 2.15. The van der Waals surface area contributed by atoms with E-state index in [0.29, 0.717) is 0 Å². The molecule has 0 spiro atoms. The van der Waals surface area contributed by atoms with E-state index in [4.69, 9.17) is 10.5 Å². The van der Waals surface area contributed by atoms with E-state index in [2.05, 4.69) is 17.1 Å². The zero-order valence-corrected chi connectivity index (χ0v) is 11.3. The average molecular weight is 256 g/mol. The molecule has 1 aromatic heterocycles. The first-order chi connectivity index (χ1) is 9.29. The predicted molar refractivity (Wildman–Crippen MR) is 77.2 cm³/mol. The van der Waals surface area contributed by atoms with Crippen molar-refractivity contribution < 1.29 is 4.74 Å². The molecule has 1 aromatic carbocycles. The van der Waals surface area contributed by atoms with Crippen molar-refractivity contribution in [3.05, 3.63) is 59.9 Å². The highest BCUT2D eigenvalue weighted by Crippen LogP contribution is 2.19. The summed E-state index contributed by atoms with van der Waals surface area (Å²) in [7, 11) is 1.69. The summed E-state index contributed by atoms with van der Waals surface area (Å²) in [6, 6.07) is 12.2. The smallest absolute Gasteiger partial charge is 0.122 e. The van der Waals surface area contributed by atoms with Crippen molar-refractivity contribution >= 4 is 0 Å². The van der Waals surface area contributed by atoms with Crippen LogP contribution in [0.5, 0.6) is 5.75 Å². The summed E-state index contributed by atoms with van der Waals surface area (Å²) < 4.78 is 5.34. The van der Waals surface area contributed by atoms with Gasteiger partial charge >= 0.3 is 0 Å². The molecule has 1 unspecified atom stereocenters. The van der Waals surface area contributed by atoms with Crippen molar-refractivity contribution in [1.29, 1.82) is 0 Å². The predicted octanol–water partition coefficient (Wildman–Crippen LogP) is 2.59. The van der Waals surface area contributed by atoms with Gasteiger partial charge in [0.05, 0.1) is 7.11 Å². The normalized spacial score (nSPS) is 12.1. The molecule has 0 aliphatic carbocycles. The molecule has 3 heteroatoms. The first-order valence-electron chi connectivity index (χ1n) is 6.56. The van der Waals surface area contributed by atoms with Gasteiger partial charge in [0.1, 0.15) is 5.75 Å². The molecular weight excluding hydrogens is 236 g/mol. The lowest BCUT2D eigenvalue weighted by atomic mass is 10.00. The van der Waals surface area contributed by atoms with Gasteiger partial charge in [-0.25, -0.2) is 0 Å². The molecule has 2 rings (SSSR count). The Morgan fingerprint density at radius 3 is 2.79 bits per heavy atom. The third kappa shape index (κ3) is 4.07. The van der Waals surface area contributed by atoms with Crippen LogP contribution >= 0.6 is 0 Å². The second kappa shape index (κ2) is 6.90. The van der Waals surface area contributed by atoms with Gasteiger partial charge in [0.2, 0.25) is 0 Å². The highest BCUT2D eigenvalue weighted by molar-refractivity contribution is 5.33. The molecule has 19 heavy (non-hydrogen) atoms. The molecule has 0 radical (unpaired) electrons. The highest BCUT2D eigenvalue weighted by Gasteiger charge is 2.08. The van der Waals surface area contributed by atoms with Crippen molar-refractivity contribution in [1.82, 2.24) is 4.98 Å². The maximum atomic E-state index is 6.20. The minimum atomic E-state index is 0.136. The van der Waals surface area contributed by atoms with Crippen LogP contribution in [0.1, 0.15) is 17.5 Å². The third-order valence-electron chi connectivity index (χ3n) is 3.20. The Morgan fingerprint density at radius 1 is 1.21 bits per heavy atom. The molecule has 0 fully saturated rings. The number of nitrogens with zero attached hydrogens (tertiary/aromatic N) is 1. The molecule has 0 aliphatic rings. The zero-order chi connectivity index (χ0) is 13.5. The monoisotopic (exact) mass is 256 g/mol. The Bertz CT molecular complexity index is 499. The lowest BCUT2D eigenvalue weighted by Crippen LogP contribution is -2.23. The Balaban J connectivity index is 1.89. The van der Waals surface area contributed by atoms with Gasteiger partial charge in [-0.2, -0.15) is 0 Å². The van der Waals surface area contributed by atoms with Gasteiger partial charge in [-0.1, -0.05) is 24.3 Å². The first-order valence-corrected chi connectivity index (χ1v) is 6.56. The summed E-state index contributed by atoms with van der Waals surface area (Å²) in [6.07, 6.45) is 6.44. The Morgan fingerprint density at radius 2 is 2.05 bits per heavy atom. The molecular formula is C16H20N2O. The number of hydrogen-bond donors (Lipinski definition) is 1. The molecule has 2 N–H and O–H groups in total. The number of aryl methyl sites for hydroxylation is 1. The number of pyridine rings is 1. The van der Waals surface area contributed by atoms with Crippen LogP contribution in [0.2, 0.25) is 0 Å². The van der Waals surface area contributed by atoms with E-state index >= 15 is 0 Å². The molecule has 3 nitrogen and oxygen atoms in total. The van der Waals surface area contributed by atoms with Crippen LogP contribution < -0.4 is 10.5 Å². The van der Waals surface area contributed by atoms with Crippen molar-refractivity contribution in [2.75, 3.05) is 7.11 Å². The first kappa shape index (κ1) is 13.6. The number of aromatic nitrogens is 1. The van der Waals surface area contributed by atoms with E-state index < -0.39 is 0 Å². The van der Waals surface area contributed by atoms with Crippen LogP contribution in [0.3, 0.4) is 0 Å². The summed E-state index contributed by atoms with van der Waals surface area (Å²) in [5.41, 5.74) is 8.61. The van der Waals surface area contributed by atoms with E-state index in [1.807, 2.05) is 30.5 Å². The SMILES string of the molecule is COc1ccccc1CC(N)CCc1cccnc1. The van der Waals surface area contributed by atoms with Crippen LogP contribution in [-0.4, -0.2) is 18.1 Å². The van der Waals surface area contributed by atoms with Gasteiger partial charge in [-0.05, 0) is 42.5 Å². The summed E-state index contributed by atoms with van der Waals surface area (Å²) >= 11 is 0. The van der Waals surface area contributed by atoms with Crippen molar-refractivity contribution in [3.63, 3.8) is 0 Å². The quantitative estimate of drug-likeness (QED) is 0.864. The largest absolute Gasteiger partial charge is 0.496 e. The zero-order valence-electron chi connectivity index (χ0n) is 11.3. The molecule has 1 heterocycles. The molecule has 0 bridgehead atoms. The molecule has 100 valence electrons. The lowest BCUT2D eigenvalue weighted by Gasteiger charge is -2.14. The minimum Gasteiger partial charge on any atom is -0.496 e. The van der Waals surface area contributed by atoms with Gasteiger partial charge in [-0.15, -0.1) is 0 Å². The summed E-state index contributed by atoms with van der Waals surface area (Å²) in [5, 5.41) is 0. The van der Waals surface area contributed by atoms with E-state index in [-0.39, 0.29) is 6.04 Å². The van der Waals surface area contributed by atoms with Crippen LogP contribution in [0.4, 0.5) is 0 Å². The maximum absolute atomic E-state index is 6.20. The molecule has 1 atom stereocenters. The number of nitrogens with two attached hydrogens (primary N) is 1. The van der Waals surface area contributed by atoms with Gasteiger partial charge in [-0.3, -0.25) is 4.98 Å². The van der Waals surface area contributed by atoms with Crippen LogP contribution in [0.25, 0.3) is 0 Å². The Kier molecular flexibility index (Phi) is 4.93. The summed E-state index contributed by atoms with van der Waals surface area (Å²) in [5.74, 6) is 0.916. The van der Waals surface area contributed by atoms with Gasteiger partial charge in [0.15, 0.2) is 0 Å². The Labute approximate surface area is 114 Å². The van der Waals surface area contributed by atoms with Crippen molar-refractivity contribution in [3.8, 4) is 5.75 Å². The van der Waals surface area contributed by atoms with Gasteiger partial charge in [0.25, 0.3) is 0 Å². The summed E-state index contributed by atoms with van der Waals surface area (Å²) in [6.45, 7) is 0. The molecule has 0 saturated heterocycles. The number of hydrogen-bond acceptors (Lipinski definition) is 3. The van der Waals surface area contributed by atoms with Crippen LogP contribution in [0.15, 0.2) is 48.8 Å². The summed E-state index contributed by atoms with van der Waals surface area (Å²) in [4.78, 5) is 4.11. The number of methoxy groups -OCH3 is 1. The molecule has 2 aromatic rings. The molecule has 0 aliphatic heterocycles. The Hall–Kier alpha value is -1.87. The van der Waals surface area contributed by atoms with Crippen molar-refractivity contribution in [2.24, 2.45) is 5.73 Å². The van der Waals surface area contributed by atoms with Gasteiger partial charge in [0, 0.05) is 18.4 Å². The van der Waals surface area contributed by atoms with E-state index in [1.54, 1.807) is 13.3 Å². The average Bonchev–Trinajstić information content (AvgIpc) is 2.47. The van der Waals surface area contributed by atoms with E-state index in [1.165, 1.54) is 11.1 Å². The van der Waals surface area contributed by atoms with E-state index in [0.717, 1.165) is 25.0 Å². The minimum absolute atomic E-state index is 0.136. The number of para-hydroxylation sites is 1. The fourth-order valence-corrected chi connectivity index (χ4v) is 2.15. The maximum Gasteiger partial charge on any atom is 0.122 e. The fraction of sp³-hybridized carbons (Fsp3) is 0.312. The second-order valence-corrected chi connectivity index (χ2v) is 4.68. The van der Waals surface area contributed by atoms with Crippen LogP contribution in [0, 0.1) is 0 Å². The lowest BCUT2D eigenvalue weighted by molar-refractivity contribution is 0.407. The standard InChI is InChI=1S/C16H20N2O/c1-19-16-7-3-2-6-14(16)11-15(17)9-8-13-5-4-10-18-12-13/h2-7,10,12,15H,8-9,11,17H2,1H3. The number of ether oxygens (including phenoxy) is 1. The number of benzene rings is 1. The highest BCUT2D eigenvalue weighted by atomic mass is 16.5. The van der Waals surface area contributed by atoms with E-state index in [9.17, 15) is 0 Å². The second-order valence-electron chi connectivity index (χ2n) is 4.68.